The molecule has 1 N–H and O–H groups in total. The van der Waals surface area contributed by atoms with Gasteiger partial charge in [0.1, 0.15) is 5.82 Å². The van der Waals surface area contributed by atoms with Crippen LogP contribution in [0, 0.1) is 5.82 Å². The Kier molecular flexibility index (Phi) is 3.94. The van der Waals surface area contributed by atoms with Gasteiger partial charge in [-0.25, -0.2) is 4.39 Å². The fourth-order valence-corrected chi connectivity index (χ4v) is 1.29. The van der Waals surface area contributed by atoms with E-state index in [-0.39, 0.29) is 4.47 Å². The minimum absolute atomic E-state index is 0.185. The Bertz CT molecular complexity index is 473. The summed E-state index contributed by atoms with van der Waals surface area (Å²) in [6.45, 7) is 0. The number of benzene rings is 1. The fraction of sp³-hybridized carbons (Fsp3) is 0.222. The summed E-state index contributed by atoms with van der Waals surface area (Å²) in [5, 5.41) is 1.35. The summed E-state index contributed by atoms with van der Waals surface area (Å²) in [5.74, 6) is -8.81. The number of hydrogen-bond acceptors (Lipinski definition) is 1. The Balaban J connectivity index is 2.91. The predicted molar refractivity (Wildman–Crippen MR) is 53.7 cm³/mol. The molecule has 0 saturated carbocycles. The highest BCUT2D eigenvalue weighted by molar-refractivity contribution is 9.10. The molecule has 0 heterocycles. The van der Waals surface area contributed by atoms with E-state index in [0.29, 0.717) is 0 Å². The molecule has 0 atom stereocenters. The van der Waals surface area contributed by atoms with Crippen LogP contribution in [-0.2, 0) is 4.79 Å². The first-order valence-electron chi connectivity index (χ1n) is 4.27. The van der Waals surface area contributed by atoms with Crippen molar-refractivity contribution in [2.75, 3.05) is 5.32 Å². The second-order valence-electron chi connectivity index (χ2n) is 3.16. The van der Waals surface area contributed by atoms with E-state index in [1.807, 2.05) is 0 Å². The molecule has 0 unspecified atom stereocenters. The molecule has 2 nitrogen and oxygen atoms in total. The Labute approximate surface area is 105 Å². The SMILES string of the molecule is O=C(Nc1ccc(F)c(Br)c1)C(F)(F)C(F)(F)F. The van der Waals surface area contributed by atoms with Gasteiger partial charge in [-0.05, 0) is 34.1 Å². The Morgan fingerprint density at radius 1 is 1.17 bits per heavy atom. The third kappa shape index (κ3) is 2.95. The molecular formula is C9H4BrF6NO. The molecule has 0 spiro atoms. The van der Waals surface area contributed by atoms with Crippen molar-refractivity contribution in [2.45, 2.75) is 12.1 Å². The van der Waals surface area contributed by atoms with E-state index in [4.69, 9.17) is 0 Å². The quantitative estimate of drug-likeness (QED) is 0.820. The number of amides is 1. The van der Waals surface area contributed by atoms with E-state index < -0.39 is 29.5 Å². The van der Waals surface area contributed by atoms with Crippen molar-refractivity contribution in [2.24, 2.45) is 0 Å². The van der Waals surface area contributed by atoms with Crippen LogP contribution in [0.1, 0.15) is 0 Å². The second-order valence-corrected chi connectivity index (χ2v) is 4.01. The monoisotopic (exact) mass is 335 g/mol. The zero-order valence-corrected chi connectivity index (χ0v) is 9.87. The van der Waals surface area contributed by atoms with E-state index in [9.17, 15) is 31.1 Å². The summed E-state index contributed by atoms with van der Waals surface area (Å²) in [5.41, 5.74) is -0.391. The average molecular weight is 336 g/mol. The maximum atomic E-state index is 12.8. The van der Waals surface area contributed by atoms with Crippen LogP contribution in [0.2, 0.25) is 0 Å². The maximum absolute atomic E-state index is 12.8. The molecule has 0 aliphatic rings. The molecule has 18 heavy (non-hydrogen) atoms. The lowest BCUT2D eigenvalue weighted by atomic mass is 10.2. The van der Waals surface area contributed by atoms with Gasteiger partial charge in [-0.2, -0.15) is 22.0 Å². The molecule has 1 amide bonds. The normalized spacial score (nSPS) is 12.4. The first kappa shape index (κ1) is 14.8. The van der Waals surface area contributed by atoms with E-state index in [1.165, 1.54) is 5.32 Å². The van der Waals surface area contributed by atoms with Gasteiger partial charge in [-0.3, -0.25) is 4.79 Å². The topological polar surface area (TPSA) is 29.1 Å². The molecule has 1 aromatic carbocycles. The summed E-state index contributed by atoms with van der Waals surface area (Å²) in [4.78, 5) is 10.8. The molecular weight excluding hydrogens is 332 g/mol. The molecule has 0 radical (unpaired) electrons. The standard InChI is InChI=1S/C9H4BrF6NO/c10-5-3-4(1-2-6(5)11)17-7(18)8(12,13)9(14,15)16/h1-3H,(H,17,18). The molecule has 0 bridgehead atoms. The van der Waals surface area contributed by atoms with Crippen LogP contribution < -0.4 is 5.32 Å². The summed E-state index contributed by atoms with van der Waals surface area (Å²) in [6, 6.07) is 2.51. The minimum atomic E-state index is -5.99. The van der Waals surface area contributed by atoms with Crippen molar-refractivity contribution in [1.82, 2.24) is 0 Å². The molecule has 0 aromatic heterocycles. The molecule has 1 aromatic rings. The molecule has 100 valence electrons. The van der Waals surface area contributed by atoms with Gasteiger partial charge in [-0.15, -0.1) is 0 Å². The summed E-state index contributed by atoms with van der Waals surface area (Å²) < 4.78 is 73.3. The van der Waals surface area contributed by atoms with Crippen LogP contribution in [0.3, 0.4) is 0 Å². The number of nitrogens with one attached hydrogen (secondary N) is 1. The highest BCUT2D eigenvalue weighted by Gasteiger charge is 2.63. The van der Waals surface area contributed by atoms with Crippen molar-refractivity contribution in [3.05, 3.63) is 28.5 Å². The molecule has 0 aliphatic heterocycles. The first-order valence-corrected chi connectivity index (χ1v) is 5.06. The molecule has 0 saturated heterocycles. The lowest BCUT2D eigenvalue weighted by molar-refractivity contribution is -0.267. The van der Waals surface area contributed by atoms with Gasteiger partial charge in [-0.1, -0.05) is 0 Å². The van der Waals surface area contributed by atoms with E-state index in [1.54, 1.807) is 0 Å². The van der Waals surface area contributed by atoms with Gasteiger partial charge >= 0.3 is 18.0 Å². The predicted octanol–water partition coefficient (Wildman–Crippen LogP) is 3.72. The van der Waals surface area contributed by atoms with Crippen molar-refractivity contribution in [3.63, 3.8) is 0 Å². The number of carbonyl (C=O) groups is 1. The van der Waals surface area contributed by atoms with Gasteiger partial charge in [0, 0.05) is 5.69 Å². The minimum Gasteiger partial charge on any atom is -0.320 e. The number of hydrogen-bond donors (Lipinski definition) is 1. The summed E-state index contributed by atoms with van der Waals surface area (Å²) in [6.07, 6.45) is -5.99. The van der Waals surface area contributed by atoms with E-state index >= 15 is 0 Å². The summed E-state index contributed by atoms with van der Waals surface area (Å²) in [7, 11) is 0. The van der Waals surface area contributed by atoms with Crippen LogP contribution in [0.25, 0.3) is 0 Å². The van der Waals surface area contributed by atoms with Crippen LogP contribution >= 0.6 is 15.9 Å². The van der Waals surface area contributed by atoms with Gasteiger partial charge in [0.25, 0.3) is 0 Å². The van der Waals surface area contributed by atoms with Crippen LogP contribution in [0.5, 0.6) is 0 Å². The lowest BCUT2D eigenvalue weighted by Crippen LogP contribution is -2.47. The number of alkyl halides is 5. The largest absolute Gasteiger partial charge is 0.463 e. The van der Waals surface area contributed by atoms with Gasteiger partial charge in [0.2, 0.25) is 0 Å². The zero-order chi connectivity index (χ0) is 14.1. The average Bonchev–Trinajstić information content (AvgIpc) is 2.21. The smallest absolute Gasteiger partial charge is 0.320 e. The highest BCUT2D eigenvalue weighted by Crippen LogP contribution is 2.36. The third-order valence-corrected chi connectivity index (χ3v) is 2.43. The van der Waals surface area contributed by atoms with Crippen LogP contribution in [0.15, 0.2) is 22.7 Å². The molecule has 0 aliphatic carbocycles. The number of halogens is 7. The van der Waals surface area contributed by atoms with E-state index in [0.717, 1.165) is 18.2 Å². The van der Waals surface area contributed by atoms with Gasteiger partial charge < -0.3 is 5.32 Å². The Morgan fingerprint density at radius 2 is 1.72 bits per heavy atom. The lowest BCUT2D eigenvalue weighted by Gasteiger charge is -2.18. The van der Waals surface area contributed by atoms with Crippen molar-refractivity contribution in [1.29, 1.82) is 0 Å². The first-order chi connectivity index (χ1) is 8.05. The number of anilines is 1. The third-order valence-electron chi connectivity index (χ3n) is 1.82. The Morgan fingerprint density at radius 3 is 2.17 bits per heavy atom. The number of rotatable bonds is 2. The van der Waals surface area contributed by atoms with Crippen molar-refractivity contribution in [3.8, 4) is 0 Å². The van der Waals surface area contributed by atoms with Crippen LogP contribution in [-0.4, -0.2) is 18.0 Å². The fourth-order valence-electron chi connectivity index (χ4n) is 0.912. The molecule has 0 fully saturated rings. The highest BCUT2D eigenvalue weighted by atomic mass is 79.9. The van der Waals surface area contributed by atoms with Crippen molar-refractivity contribution >= 4 is 27.5 Å². The van der Waals surface area contributed by atoms with Gasteiger partial charge in [0.15, 0.2) is 0 Å². The molecule has 1 rings (SSSR count). The zero-order valence-electron chi connectivity index (χ0n) is 8.29. The van der Waals surface area contributed by atoms with Gasteiger partial charge in [0.05, 0.1) is 4.47 Å². The van der Waals surface area contributed by atoms with E-state index in [2.05, 4.69) is 15.9 Å². The maximum Gasteiger partial charge on any atom is 0.463 e. The van der Waals surface area contributed by atoms with Crippen molar-refractivity contribution < 1.29 is 31.1 Å². The second kappa shape index (κ2) is 4.79. The Hall–Kier alpha value is -1.25. The number of carbonyl (C=O) groups excluding carboxylic acids is 1. The summed E-state index contributed by atoms with van der Waals surface area (Å²) >= 11 is 2.69. The molecule has 9 heteroatoms. The van der Waals surface area contributed by atoms with Crippen LogP contribution in [0.4, 0.5) is 32.0 Å².